The van der Waals surface area contributed by atoms with E-state index in [1.165, 1.54) is 0 Å². The Morgan fingerprint density at radius 1 is 1.30 bits per heavy atom. The second-order valence-electron chi connectivity index (χ2n) is 2.05. The van der Waals surface area contributed by atoms with E-state index in [-0.39, 0.29) is 0 Å². The molecule has 10 heavy (non-hydrogen) atoms. The van der Waals surface area contributed by atoms with Crippen LogP contribution in [0.1, 0.15) is 5.56 Å². The molecular formula is C7H6O2P. The lowest BCUT2D eigenvalue weighted by atomic mass is 10.2. The molecule has 0 aliphatic carbocycles. The average Bonchev–Trinajstić information content (AvgIpc) is 2.05. The van der Waals surface area contributed by atoms with Crippen LogP contribution in [0.4, 0.5) is 0 Å². The van der Waals surface area contributed by atoms with E-state index in [0.29, 0.717) is 15.6 Å². The molecule has 0 atom stereocenters. The number of para-hydroxylation sites is 1. The summed E-state index contributed by atoms with van der Waals surface area (Å²) in [6.45, 7) is 0.664. The van der Waals surface area contributed by atoms with Crippen LogP contribution >= 0.6 is 9.03 Å². The number of hydrogen-bond acceptors (Lipinski definition) is 2. The van der Waals surface area contributed by atoms with Gasteiger partial charge in [0.1, 0.15) is 5.75 Å². The number of fused-ring (bicyclic) bond motifs is 1. The van der Waals surface area contributed by atoms with E-state index in [1.54, 1.807) is 0 Å². The smallest absolute Gasteiger partial charge is 0.330 e. The van der Waals surface area contributed by atoms with Gasteiger partial charge in [0.2, 0.25) is 0 Å². The molecule has 2 nitrogen and oxygen atoms in total. The molecule has 1 radical (unpaired) electrons. The van der Waals surface area contributed by atoms with Gasteiger partial charge >= 0.3 is 9.03 Å². The van der Waals surface area contributed by atoms with Gasteiger partial charge in [-0.15, -0.1) is 0 Å². The van der Waals surface area contributed by atoms with Crippen molar-refractivity contribution in [2.45, 2.75) is 6.61 Å². The Hall–Kier alpha value is -0.590. The van der Waals surface area contributed by atoms with E-state index in [2.05, 4.69) is 0 Å². The van der Waals surface area contributed by atoms with Gasteiger partial charge in [-0.3, -0.25) is 0 Å². The monoisotopic (exact) mass is 153 g/mol. The van der Waals surface area contributed by atoms with E-state index in [0.717, 1.165) is 11.3 Å². The molecule has 1 heterocycles. The summed E-state index contributed by atoms with van der Waals surface area (Å²) in [6, 6.07) is 7.89. The van der Waals surface area contributed by atoms with E-state index < -0.39 is 0 Å². The molecular weight excluding hydrogens is 147 g/mol. The summed E-state index contributed by atoms with van der Waals surface area (Å²) in [5.74, 6) is 0.940. The summed E-state index contributed by atoms with van der Waals surface area (Å²) < 4.78 is 10.2. The molecule has 0 aromatic heterocycles. The molecule has 0 unspecified atom stereocenters. The van der Waals surface area contributed by atoms with Gasteiger partial charge in [0.25, 0.3) is 0 Å². The van der Waals surface area contributed by atoms with Crippen molar-refractivity contribution >= 4 is 9.03 Å². The zero-order valence-electron chi connectivity index (χ0n) is 5.28. The molecule has 51 valence electrons. The number of rotatable bonds is 0. The van der Waals surface area contributed by atoms with Crippen LogP contribution in [0.15, 0.2) is 24.3 Å². The lowest BCUT2D eigenvalue weighted by Crippen LogP contribution is -1.96. The van der Waals surface area contributed by atoms with Gasteiger partial charge in [-0.25, -0.2) is 0 Å². The molecule has 2 rings (SSSR count). The summed E-state index contributed by atoms with van der Waals surface area (Å²) in [6.07, 6.45) is 0. The van der Waals surface area contributed by atoms with Crippen LogP contribution in [0.2, 0.25) is 0 Å². The SMILES string of the molecule is c1ccc2c(c1)CO[P]O2. The van der Waals surface area contributed by atoms with Crippen LogP contribution in [-0.2, 0) is 11.1 Å². The maximum Gasteiger partial charge on any atom is 0.330 e. The molecule has 0 amide bonds. The average molecular weight is 153 g/mol. The molecule has 1 aromatic rings. The van der Waals surface area contributed by atoms with E-state index in [4.69, 9.17) is 9.05 Å². The second kappa shape index (κ2) is 2.57. The maximum absolute atomic E-state index is 5.17. The van der Waals surface area contributed by atoms with Crippen molar-refractivity contribution in [1.82, 2.24) is 0 Å². The molecule has 0 bridgehead atoms. The Morgan fingerprint density at radius 3 is 3.10 bits per heavy atom. The van der Waals surface area contributed by atoms with Crippen LogP contribution in [-0.4, -0.2) is 0 Å². The largest absolute Gasteiger partial charge is 0.440 e. The quantitative estimate of drug-likeness (QED) is 0.532. The number of benzene rings is 1. The predicted octanol–water partition coefficient (Wildman–Crippen LogP) is 2.37. The Morgan fingerprint density at radius 2 is 2.20 bits per heavy atom. The lowest BCUT2D eigenvalue weighted by Gasteiger charge is -2.13. The van der Waals surface area contributed by atoms with Crippen LogP contribution in [0, 0.1) is 0 Å². The highest BCUT2D eigenvalue weighted by molar-refractivity contribution is 7.26. The summed E-state index contributed by atoms with van der Waals surface area (Å²) in [5.41, 5.74) is 1.13. The van der Waals surface area contributed by atoms with Crippen molar-refractivity contribution in [1.29, 1.82) is 0 Å². The van der Waals surface area contributed by atoms with Crippen molar-refractivity contribution in [3.8, 4) is 5.75 Å². The van der Waals surface area contributed by atoms with Gasteiger partial charge in [-0.05, 0) is 6.07 Å². The van der Waals surface area contributed by atoms with E-state index >= 15 is 0 Å². The van der Waals surface area contributed by atoms with Crippen LogP contribution in [0.5, 0.6) is 5.75 Å². The topological polar surface area (TPSA) is 18.5 Å². The molecule has 1 aromatic carbocycles. The van der Waals surface area contributed by atoms with Crippen LogP contribution < -0.4 is 4.52 Å². The van der Waals surface area contributed by atoms with E-state index in [9.17, 15) is 0 Å². The van der Waals surface area contributed by atoms with Gasteiger partial charge < -0.3 is 9.05 Å². The minimum Gasteiger partial charge on any atom is -0.440 e. The van der Waals surface area contributed by atoms with Crippen molar-refractivity contribution in [3.63, 3.8) is 0 Å². The van der Waals surface area contributed by atoms with Gasteiger partial charge in [0.15, 0.2) is 0 Å². The molecule has 1 aliphatic heterocycles. The minimum absolute atomic E-state index is 0.603. The molecule has 3 heteroatoms. The Kier molecular flexibility index (Phi) is 1.58. The highest BCUT2D eigenvalue weighted by atomic mass is 31.1. The third kappa shape index (κ3) is 1.00. The first kappa shape index (κ1) is 6.14. The third-order valence-electron chi connectivity index (χ3n) is 1.38. The number of hydrogen-bond donors (Lipinski definition) is 0. The highest BCUT2D eigenvalue weighted by Crippen LogP contribution is 2.32. The second-order valence-corrected chi connectivity index (χ2v) is 2.64. The molecule has 0 saturated carbocycles. The molecule has 1 aliphatic rings. The van der Waals surface area contributed by atoms with Crippen molar-refractivity contribution in [3.05, 3.63) is 29.8 Å². The lowest BCUT2D eigenvalue weighted by molar-refractivity contribution is 0.293. The predicted molar refractivity (Wildman–Crippen MR) is 38.8 cm³/mol. The third-order valence-corrected chi connectivity index (χ3v) is 1.89. The molecule has 0 spiro atoms. The first-order chi connectivity index (χ1) is 4.97. The Labute approximate surface area is 61.1 Å². The minimum atomic E-state index is 0.603. The molecule has 0 N–H and O–H groups in total. The first-order valence-corrected chi connectivity index (χ1v) is 3.77. The van der Waals surface area contributed by atoms with Crippen molar-refractivity contribution < 1.29 is 9.05 Å². The van der Waals surface area contributed by atoms with Gasteiger partial charge in [0, 0.05) is 5.56 Å². The van der Waals surface area contributed by atoms with Crippen LogP contribution in [0.25, 0.3) is 0 Å². The van der Waals surface area contributed by atoms with Gasteiger partial charge in [-0.1, -0.05) is 18.2 Å². The summed E-state index contributed by atoms with van der Waals surface area (Å²) in [4.78, 5) is 0. The molecule has 0 saturated heterocycles. The summed E-state index contributed by atoms with van der Waals surface area (Å²) in [7, 11) is 0.603. The van der Waals surface area contributed by atoms with E-state index in [1.807, 2.05) is 24.3 Å². The summed E-state index contributed by atoms with van der Waals surface area (Å²) >= 11 is 0. The maximum atomic E-state index is 5.17. The van der Waals surface area contributed by atoms with Crippen LogP contribution in [0.3, 0.4) is 0 Å². The standard InChI is InChI=1S/C7H6O2P/c1-2-4-7-6(3-1)5-8-10-9-7/h1-4H,5H2. The fraction of sp³-hybridized carbons (Fsp3) is 0.143. The first-order valence-electron chi connectivity index (χ1n) is 3.04. The normalized spacial score (nSPS) is 18.0. The summed E-state index contributed by atoms with van der Waals surface area (Å²) in [5, 5.41) is 0. The fourth-order valence-electron chi connectivity index (χ4n) is 0.875. The Bertz CT molecular complexity index is 212. The van der Waals surface area contributed by atoms with Gasteiger partial charge in [0.05, 0.1) is 6.61 Å². The Balaban J connectivity index is 2.41. The highest BCUT2D eigenvalue weighted by Gasteiger charge is 2.09. The van der Waals surface area contributed by atoms with Crippen molar-refractivity contribution in [2.24, 2.45) is 0 Å². The fourth-order valence-corrected chi connectivity index (χ4v) is 1.38. The van der Waals surface area contributed by atoms with Crippen molar-refractivity contribution in [2.75, 3.05) is 0 Å². The zero-order chi connectivity index (χ0) is 6.81. The van der Waals surface area contributed by atoms with Gasteiger partial charge in [-0.2, -0.15) is 0 Å². The zero-order valence-corrected chi connectivity index (χ0v) is 6.17. The molecule has 0 fully saturated rings.